The fraction of sp³-hybridized carbons (Fsp3) is 0.0714. The Bertz CT molecular complexity index is 843. The van der Waals surface area contributed by atoms with E-state index in [1.807, 2.05) is 36.4 Å². The number of alkyl halides is 1. The van der Waals surface area contributed by atoms with Gasteiger partial charge in [0.1, 0.15) is 0 Å². The highest BCUT2D eigenvalue weighted by molar-refractivity contribution is 14.1. The van der Waals surface area contributed by atoms with Gasteiger partial charge in [-0.2, -0.15) is 0 Å². The van der Waals surface area contributed by atoms with Crippen molar-refractivity contribution >= 4 is 61.2 Å². The summed E-state index contributed by atoms with van der Waals surface area (Å²) in [4.78, 5) is 16.8. The van der Waals surface area contributed by atoms with E-state index < -0.39 is 0 Å². The van der Waals surface area contributed by atoms with E-state index in [9.17, 15) is 4.79 Å². The number of aromatic nitrogens is 2. The van der Waals surface area contributed by atoms with Crippen LogP contribution in [-0.2, 0) is 0 Å². The molecule has 0 bridgehead atoms. The van der Waals surface area contributed by atoms with Crippen LogP contribution in [0.5, 0.6) is 0 Å². The van der Waals surface area contributed by atoms with E-state index in [4.69, 9.17) is 11.6 Å². The van der Waals surface area contributed by atoms with Crippen molar-refractivity contribution < 1.29 is 0 Å². The maximum atomic E-state index is 11.3. The van der Waals surface area contributed by atoms with Crippen LogP contribution in [-0.4, -0.2) is 9.97 Å². The number of hydrogen-bond acceptors (Lipinski definition) is 1. The average molecular weight is 464 g/mol. The summed E-state index contributed by atoms with van der Waals surface area (Å²) in [5, 5.41) is -0.262. The highest BCUT2D eigenvalue weighted by Crippen LogP contribution is 2.34. The Morgan fingerprint density at radius 1 is 1.10 bits per heavy atom. The largest absolute Gasteiger partial charge is 0.323 e. The lowest BCUT2D eigenvalue weighted by molar-refractivity contribution is 1.13. The zero-order valence-electron chi connectivity index (χ0n) is 10.1. The molecule has 0 radical (unpaired) electrons. The quantitative estimate of drug-likeness (QED) is 0.425. The van der Waals surface area contributed by atoms with E-state index in [-0.39, 0.29) is 11.1 Å². The molecule has 20 heavy (non-hydrogen) atoms. The molecule has 0 saturated carbocycles. The van der Waals surface area contributed by atoms with E-state index in [0.29, 0.717) is 0 Å². The van der Waals surface area contributed by atoms with Crippen LogP contribution in [0.3, 0.4) is 0 Å². The van der Waals surface area contributed by atoms with Crippen molar-refractivity contribution in [3.8, 4) is 0 Å². The summed E-state index contributed by atoms with van der Waals surface area (Å²) in [5.41, 5.74) is 3.33. The van der Waals surface area contributed by atoms with Crippen LogP contribution in [0.2, 0.25) is 0 Å². The topological polar surface area (TPSA) is 48.6 Å². The number of H-pyrrole nitrogens is 2. The van der Waals surface area contributed by atoms with Crippen LogP contribution in [0, 0.1) is 3.57 Å². The molecule has 0 aliphatic heterocycles. The lowest BCUT2D eigenvalue weighted by Crippen LogP contribution is -1.99. The molecule has 0 fully saturated rings. The summed E-state index contributed by atoms with van der Waals surface area (Å²) in [7, 11) is 0. The Morgan fingerprint density at radius 2 is 1.85 bits per heavy atom. The van der Waals surface area contributed by atoms with E-state index in [1.165, 1.54) is 0 Å². The summed E-state index contributed by atoms with van der Waals surface area (Å²) in [6, 6.07) is 11.7. The van der Waals surface area contributed by atoms with Gasteiger partial charge in [0.2, 0.25) is 0 Å². The van der Waals surface area contributed by atoms with E-state index in [0.717, 1.165) is 30.2 Å². The van der Waals surface area contributed by atoms with Gasteiger partial charge in [-0.15, -0.1) is 11.6 Å². The lowest BCUT2D eigenvalue weighted by atomic mass is 10.0. The average Bonchev–Trinajstić information content (AvgIpc) is 2.79. The lowest BCUT2D eigenvalue weighted by Gasteiger charge is -2.13. The Kier molecular flexibility index (Phi) is 3.92. The summed E-state index contributed by atoms with van der Waals surface area (Å²) in [6.07, 6.45) is 0. The van der Waals surface area contributed by atoms with Crippen molar-refractivity contribution in [1.29, 1.82) is 0 Å². The minimum Gasteiger partial charge on any atom is -0.306 e. The molecule has 3 nitrogen and oxygen atoms in total. The molecule has 0 saturated heterocycles. The van der Waals surface area contributed by atoms with Gasteiger partial charge in [-0.25, -0.2) is 4.79 Å². The molecule has 6 heteroatoms. The minimum atomic E-state index is -0.262. The number of aromatic amines is 2. The summed E-state index contributed by atoms with van der Waals surface area (Å²) >= 11 is 12.3. The first kappa shape index (κ1) is 14.2. The molecule has 102 valence electrons. The number of halogens is 3. The van der Waals surface area contributed by atoms with Crippen LogP contribution in [0.15, 0.2) is 45.7 Å². The van der Waals surface area contributed by atoms with Gasteiger partial charge < -0.3 is 9.97 Å². The van der Waals surface area contributed by atoms with Gasteiger partial charge in [-0.05, 0) is 64.0 Å². The second-order valence-electron chi connectivity index (χ2n) is 4.41. The van der Waals surface area contributed by atoms with Crippen LogP contribution in [0.25, 0.3) is 11.0 Å². The van der Waals surface area contributed by atoms with Crippen LogP contribution in [0.1, 0.15) is 16.5 Å². The molecule has 0 spiro atoms. The number of nitrogens with one attached hydrogen (secondary N) is 2. The number of benzene rings is 2. The van der Waals surface area contributed by atoms with E-state index >= 15 is 0 Å². The zero-order valence-corrected chi connectivity index (χ0v) is 14.6. The molecule has 0 amide bonds. The van der Waals surface area contributed by atoms with Crippen molar-refractivity contribution in [2.45, 2.75) is 5.38 Å². The van der Waals surface area contributed by atoms with E-state index in [1.54, 1.807) is 0 Å². The molecular formula is C14H9BrClIN2O. The van der Waals surface area contributed by atoms with Crippen molar-refractivity contribution in [2.75, 3.05) is 0 Å². The molecule has 3 rings (SSSR count). The second kappa shape index (κ2) is 5.54. The third-order valence-corrected chi connectivity index (χ3v) is 5.03. The van der Waals surface area contributed by atoms with Crippen molar-refractivity contribution in [3.05, 3.63) is 66.1 Å². The first-order chi connectivity index (χ1) is 9.54. The third kappa shape index (κ3) is 2.66. The van der Waals surface area contributed by atoms with Gasteiger partial charge in [-0.3, -0.25) is 0 Å². The molecule has 2 aromatic carbocycles. The molecule has 3 aromatic rings. The standard InChI is InChI=1S/C14H9BrClIN2O/c15-8-2-3-10(17)9(6-8)13(16)7-1-4-11-12(5-7)19-14(20)18-11/h1-6,13H,(H2,18,19,20). The van der Waals surface area contributed by atoms with Gasteiger partial charge in [0, 0.05) is 8.04 Å². The van der Waals surface area contributed by atoms with Gasteiger partial charge in [0.15, 0.2) is 0 Å². The van der Waals surface area contributed by atoms with Gasteiger partial charge in [0.05, 0.1) is 16.4 Å². The summed E-state index contributed by atoms with van der Waals surface area (Å²) in [6.45, 7) is 0. The highest BCUT2D eigenvalue weighted by Gasteiger charge is 2.15. The summed E-state index contributed by atoms with van der Waals surface area (Å²) < 4.78 is 2.10. The van der Waals surface area contributed by atoms with Gasteiger partial charge in [-0.1, -0.05) is 22.0 Å². The molecule has 1 heterocycles. The summed E-state index contributed by atoms with van der Waals surface area (Å²) in [5.74, 6) is 0. The Morgan fingerprint density at radius 3 is 2.65 bits per heavy atom. The van der Waals surface area contributed by atoms with Crippen LogP contribution in [0.4, 0.5) is 0 Å². The molecule has 0 aliphatic rings. The number of imidazole rings is 1. The zero-order chi connectivity index (χ0) is 14.3. The second-order valence-corrected chi connectivity index (χ2v) is 6.93. The monoisotopic (exact) mass is 462 g/mol. The number of fused-ring (bicyclic) bond motifs is 1. The predicted molar refractivity (Wildman–Crippen MR) is 93.5 cm³/mol. The number of rotatable bonds is 2. The first-order valence-electron chi connectivity index (χ1n) is 5.85. The Labute approximate surface area is 142 Å². The maximum absolute atomic E-state index is 11.3. The Hall–Kier alpha value is -0.790. The van der Waals surface area contributed by atoms with Crippen molar-refractivity contribution in [1.82, 2.24) is 9.97 Å². The molecule has 1 unspecified atom stereocenters. The fourth-order valence-corrected chi connectivity index (χ4v) is 3.62. The van der Waals surface area contributed by atoms with Gasteiger partial charge >= 0.3 is 5.69 Å². The van der Waals surface area contributed by atoms with Crippen molar-refractivity contribution in [3.63, 3.8) is 0 Å². The highest BCUT2D eigenvalue weighted by atomic mass is 127. The molecule has 1 atom stereocenters. The van der Waals surface area contributed by atoms with Gasteiger partial charge in [0.25, 0.3) is 0 Å². The molecule has 2 N–H and O–H groups in total. The minimum absolute atomic E-state index is 0.208. The molecular weight excluding hydrogens is 454 g/mol. The predicted octanol–water partition coefficient (Wildman–Crippen LogP) is 4.55. The van der Waals surface area contributed by atoms with Crippen LogP contribution >= 0.6 is 50.1 Å². The number of hydrogen-bond donors (Lipinski definition) is 2. The van der Waals surface area contributed by atoms with Crippen molar-refractivity contribution in [2.24, 2.45) is 0 Å². The normalized spacial score (nSPS) is 12.8. The first-order valence-corrected chi connectivity index (χ1v) is 8.16. The maximum Gasteiger partial charge on any atom is 0.323 e. The molecule has 1 aromatic heterocycles. The fourth-order valence-electron chi connectivity index (χ4n) is 2.10. The van der Waals surface area contributed by atoms with Crippen LogP contribution < -0.4 is 5.69 Å². The van der Waals surface area contributed by atoms with E-state index in [2.05, 4.69) is 48.5 Å². The third-order valence-electron chi connectivity index (χ3n) is 3.06. The smallest absolute Gasteiger partial charge is 0.306 e. The SMILES string of the molecule is O=c1[nH]c2ccc(C(Cl)c3cc(Br)ccc3I)cc2[nH]1. The Balaban J connectivity index is 2.09. The molecule has 0 aliphatic carbocycles.